The fourth-order valence-corrected chi connectivity index (χ4v) is 1.56. The van der Waals surface area contributed by atoms with Crippen molar-refractivity contribution in [2.75, 3.05) is 13.6 Å². The molecule has 3 nitrogen and oxygen atoms in total. The summed E-state index contributed by atoms with van der Waals surface area (Å²) in [5.74, 6) is 0. The van der Waals surface area contributed by atoms with Gasteiger partial charge in [0.15, 0.2) is 0 Å². The molecule has 0 aliphatic heterocycles. The summed E-state index contributed by atoms with van der Waals surface area (Å²) in [6, 6.07) is 12.2. The van der Waals surface area contributed by atoms with Gasteiger partial charge in [0.1, 0.15) is 0 Å². The van der Waals surface area contributed by atoms with E-state index >= 15 is 0 Å². The lowest BCUT2D eigenvalue weighted by molar-refractivity contribution is 0.340. The maximum absolute atomic E-state index is 4.54. The van der Waals surface area contributed by atoms with E-state index in [4.69, 9.17) is 0 Å². The number of hydrogen-bond donors (Lipinski definition) is 0. The van der Waals surface area contributed by atoms with Crippen LogP contribution in [0.15, 0.2) is 42.6 Å². The molecule has 0 unspecified atom stereocenters. The Balaban J connectivity index is 2.14. The van der Waals surface area contributed by atoms with Gasteiger partial charge in [0.25, 0.3) is 0 Å². The van der Waals surface area contributed by atoms with Crippen molar-refractivity contribution in [1.29, 1.82) is 0 Å². The Hall–Kier alpha value is -1.61. The molecule has 0 N–H and O–H groups in total. The Labute approximate surface area is 96.3 Å². The molecule has 0 spiro atoms. The smallest absolute Gasteiger partial charge is 0.0769 e. The van der Waals surface area contributed by atoms with Gasteiger partial charge in [0.05, 0.1) is 11.4 Å². The first-order chi connectivity index (χ1) is 7.79. The van der Waals surface area contributed by atoms with E-state index in [1.54, 1.807) is 0 Å². The zero-order valence-corrected chi connectivity index (χ0v) is 9.80. The number of benzene rings is 1. The van der Waals surface area contributed by atoms with Gasteiger partial charge in [-0.1, -0.05) is 25.1 Å². The first-order valence-electron chi connectivity index (χ1n) is 5.58. The van der Waals surface area contributed by atoms with Gasteiger partial charge in [0.2, 0.25) is 0 Å². The average Bonchev–Trinajstić information content (AvgIpc) is 2.78. The van der Waals surface area contributed by atoms with Crippen molar-refractivity contribution in [3.63, 3.8) is 0 Å². The van der Waals surface area contributed by atoms with E-state index in [1.807, 2.05) is 29.1 Å². The first-order valence-corrected chi connectivity index (χ1v) is 5.58. The molecule has 0 saturated carbocycles. The maximum Gasteiger partial charge on any atom is 0.0769 e. The summed E-state index contributed by atoms with van der Waals surface area (Å²) in [4.78, 5) is 2.23. The maximum atomic E-state index is 4.54. The van der Waals surface area contributed by atoms with Crippen molar-refractivity contribution in [3.05, 3.63) is 48.3 Å². The molecule has 0 atom stereocenters. The van der Waals surface area contributed by atoms with E-state index in [-0.39, 0.29) is 0 Å². The second kappa shape index (κ2) is 4.94. The van der Waals surface area contributed by atoms with E-state index in [0.717, 1.165) is 24.5 Å². The standard InChI is InChI=1S/C13H17N3/c1-3-15(2)11-12-9-10-16(14-12)13-7-5-4-6-8-13/h4-10H,3,11H2,1-2H3. The van der Waals surface area contributed by atoms with E-state index in [2.05, 4.69) is 42.2 Å². The molecule has 0 fully saturated rings. The molecule has 1 aromatic carbocycles. The normalized spacial score (nSPS) is 10.9. The number of rotatable bonds is 4. The van der Waals surface area contributed by atoms with Gasteiger partial charge in [0, 0.05) is 12.7 Å². The second-order valence-electron chi connectivity index (χ2n) is 3.92. The fraction of sp³-hybridized carbons (Fsp3) is 0.308. The van der Waals surface area contributed by atoms with E-state index in [9.17, 15) is 0 Å². The van der Waals surface area contributed by atoms with Crippen LogP contribution in [0.1, 0.15) is 12.6 Å². The summed E-state index contributed by atoms with van der Waals surface area (Å²) in [5.41, 5.74) is 2.21. The van der Waals surface area contributed by atoms with Gasteiger partial charge in [-0.15, -0.1) is 0 Å². The molecule has 1 heterocycles. The molecule has 0 aliphatic carbocycles. The minimum atomic E-state index is 0.899. The molecule has 2 aromatic rings. The van der Waals surface area contributed by atoms with Crippen LogP contribution in [0.5, 0.6) is 0 Å². The first kappa shape index (κ1) is 10.9. The molecule has 0 bridgehead atoms. The Morgan fingerprint density at radius 1 is 1.19 bits per heavy atom. The quantitative estimate of drug-likeness (QED) is 0.780. The predicted molar refractivity (Wildman–Crippen MR) is 65.6 cm³/mol. The molecule has 0 saturated heterocycles. The molecule has 0 radical (unpaired) electrons. The van der Waals surface area contributed by atoms with Gasteiger partial charge < -0.3 is 4.90 Å². The third-order valence-corrected chi connectivity index (χ3v) is 2.64. The summed E-state index contributed by atoms with van der Waals surface area (Å²) in [7, 11) is 2.10. The number of aromatic nitrogens is 2. The van der Waals surface area contributed by atoms with Crippen LogP contribution in [0.2, 0.25) is 0 Å². The van der Waals surface area contributed by atoms with Crippen LogP contribution in [0, 0.1) is 0 Å². The second-order valence-corrected chi connectivity index (χ2v) is 3.92. The van der Waals surface area contributed by atoms with Gasteiger partial charge in [-0.3, -0.25) is 0 Å². The van der Waals surface area contributed by atoms with Crippen molar-refractivity contribution in [3.8, 4) is 5.69 Å². The third kappa shape index (κ3) is 2.49. The number of nitrogens with zero attached hydrogens (tertiary/aromatic N) is 3. The van der Waals surface area contributed by atoms with Gasteiger partial charge in [-0.05, 0) is 31.8 Å². The molecule has 3 heteroatoms. The zero-order valence-electron chi connectivity index (χ0n) is 9.80. The highest BCUT2D eigenvalue weighted by atomic mass is 15.3. The Morgan fingerprint density at radius 2 is 1.94 bits per heavy atom. The Kier molecular flexibility index (Phi) is 3.37. The van der Waals surface area contributed by atoms with E-state index in [1.165, 1.54) is 0 Å². The summed E-state index contributed by atoms with van der Waals surface area (Å²) in [5, 5.41) is 4.54. The lowest BCUT2D eigenvalue weighted by Gasteiger charge is -2.10. The third-order valence-electron chi connectivity index (χ3n) is 2.64. The van der Waals surface area contributed by atoms with Gasteiger partial charge in [-0.25, -0.2) is 4.68 Å². The van der Waals surface area contributed by atoms with Crippen LogP contribution in [0.25, 0.3) is 5.69 Å². The molecule has 16 heavy (non-hydrogen) atoms. The van der Waals surface area contributed by atoms with Crippen LogP contribution in [0.4, 0.5) is 0 Å². The SMILES string of the molecule is CCN(C)Cc1ccn(-c2ccccc2)n1. The topological polar surface area (TPSA) is 21.1 Å². The highest BCUT2D eigenvalue weighted by Crippen LogP contribution is 2.07. The van der Waals surface area contributed by atoms with Crippen LogP contribution >= 0.6 is 0 Å². The van der Waals surface area contributed by atoms with Crippen LogP contribution in [0.3, 0.4) is 0 Å². The lowest BCUT2D eigenvalue weighted by Crippen LogP contribution is -2.17. The zero-order chi connectivity index (χ0) is 11.4. The molecule has 0 amide bonds. The van der Waals surface area contributed by atoms with Crippen LogP contribution in [-0.2, 0) is 6.54 Å². The van der Waals surface area contributed by atoms with Gasteiger partial charge >= 0.3 is 0 Å². The Bertz CT molecular complexity index is 433. The average molecular weight is 215 g/mol. The van der Waals surface area contributed by atoms with E-state index < -0.39 is 0 Å². The summed E-state index contributed by atoms with van der Waals surface area (Å²) in [6.07, 6.45) is 2.01. The number of hydrogen-bond acceptors (Lipinski definition) is 2. The Morgan fingerprint density at radius 3 is 2.62 bits per heavy atom. The largest absolute Gasteiger partial charge is 0.301 e. The van der Waals surface area contributed by atoms with Crippen LogP contribution < -0.4 is 0 Å². The lowest BCUT2D eigenvalue weighted by atomic mass is 10.3. The van der Waals surface area contributed by atoms with Gasteiger partial charge in [-0.2, -0.15) is 5.10 Å². The molecule has 84 valence electrons. The van der Waals surface area contributed by atoms with Crippen LogP contribution in [-0.4, -0.2) is 28.3 Å². The van der Waals surface area contributed by atoms with Crippen molar-refractivity contribution in [2.24, 2.45) is 0 Å². The minimum absolute atomic E-state index is 0.899. The molecule has 0 aliphatic rings. The van der Waals surface area contributed by atoms with Crippen molar-refractivity contribution >= 4 is 0 Å². The van der Waals surface area contributed by atoms with Crippen molar-refractivity contribution in [2.45, 2.75) is 13.5 Å². The highest BCUT2D eigenvalue weighted by molar-refractivity contribution is 5.30. The predicted octanol–water partition coefficient (Wildman–Crippen LogP) is 2.32. The molecular formula is C13H17N3. The van der Waals surface area contributed by atoms with Crippen molar-refractivity contribution in [1.82, 2.24) is 14.7 Å². The summed E-state index contributed by atoms with van der Waals surface area (Å²) in [6.45, 7) is 4.09. The van der Waals surface area contributed by atoms with Crippen molar-refractivity contribution < 1.29 is 0 Å². The monoisotopic (exact) mass is 215 g/mol. The summed E-state index contributed by atoms with van der Waals surface area (Å²) < 4.78 is 1.92. The number of para-hydroxylation sites is 1. The molecular weight excluding hydrogens is 198 g/mol. The minimum Gasteiger partial charge on any atom is -0.301 e. The van der Waals surface area contributed by atoms with E-state index in [0.29, 0.717) is 0 Å². The molecule has 2 rings (SSSR count). The highest BCUT2D eigenvalue weighted by Gasteiger charge is 2.02. The fourth-order valence-electron chi connectivity index (χ4n) is 1.56. The summed E-state index contributed by atoms with van der Waals surface area (Å²) >= 11 is 0. The molecule has 1 aromatic heterocycles.